The molecule has 0 bridgehead atoms. The summed E-state index contributed by atoms with van der Waals surface area (Å²) in [4.78, 5) is 25.5. The molecule has 142 valence electrons. The molecule has 0 saturated carbocycles. The van der Waals surface area contributed by atoms with Crippen molar-refractivity contribution in [2.75, 3.05) is 24.4 Å². The van der Waals surface area contributed by atoms with Crippen LogP contribution in [-0.2, 0) is 16.1 Å². The van der Waals surface area contributed by atoms with Gasteiger partial charge in [0.2, 0.25) is 11.8 Å². The molecule has 27 heavy (non-hydrogen) atoms. The number of amides is 2. The number of nitrogens with zero attached hydrogens (tertiary/aromatic N) is 1. The summed E-state index contributed by atoms with van der Waals surface area (Å²) in [6.07, 6.45) is 1.41. The Morgan fingerprint density at radius 3 is 2.48 bits per heavy atom. The second-order valence-electron chi connectivity index (χ2n) is 6.19. The maximum absolute atomic E-state index is 12.1. The first-order valence-electron chi connectivity index (χ1n) is 8.63. The highest BCUT2D eigenvalue weighted by molar-refractivity contribution is 6.32. The number of carbonyl (C=O) groups excluding carboxylic acids is 2. The van der Waals surface area contributed by atoms with E-state index in [0.29, 0.717) is 48.0 Å². The molecule has 1 N–H and O–H groups in total. The number of carbonyl (C=O) groups is 2. The Bertz CT molecular complexity index is 853. The predicted molar refractivity (Wildman–Crippen MR) is 105 cm³/mol. The van der Waals surface area contributed by atoms with E-state index in [9.17, 15) is 9.59 Å². The van der Waals surface area contributed by atoms with E-state index in [1.807, 2.05) is 18.2 Å². The summed E-state index contributed by atoms with van der Waals surface area (Å²) < 4.78 is 10.6. The van der Waals surface area contributed by atoms with E-state index in [-0.39, 0.29) is 11.8 Å². The van der Waals surface area contributed by atoms with Crippen LogP contribution in [0.25, 0.3) is 0 Å². The molecule has 0 spiro atoms. The van der Waals surface area contributed by atoms with Gasteiger partial charge in [0, 0.05) is 25.1 Å². The Hall–Kier alpha value is -2.73. The van der Waals surface area contributed by atoms with Gasteiger partial charge in [-0.1, -0.05) is 17.7 Å². The van der Waals surface area contributed by atoms with E-state index in [0.717, 1.165) is 11.3 Å². The van der Waals surface area contributed by atoms with Crippen molar-refractivity contribution >= 4 is 34.8 Å². The Morgan fingerprint density at radius 1 is 1.07 bits per heavy atom. The summed E-state index contributed by atoms with van der Waals surface area (Å²) >= 11 is 6.24. The zero-order chi connectivity index (χ0) is 19.4. The van der Waals surface area contributed by atoms with Gasteiger partial charge in [-0.25, -0.2) is 0 Å². The van der Waals surface area contributed by atoms with Crippen molar-refractivity contribution in [1.82, 2.24) is 0 Å². The van der Waals surface area contributed by atoms with Gasteiger partial charge in [0.1, 0.15) is 0 Å². The highest BCUT2D eigenvalue weighted by atomic mass is 35.5. The number of methoxy groups -OCH3 is 2. The number of ether oxygens (including phenoxy) is 2. The van der Waals surface area contributed by atoms with E-state index in [2.05, 4.69) is 5.32 Å². The minimum absolute atomic E-state index is 0.157. The molecule has 1 heterocycles. The average Bonchev–Trinajstić information content (AvgIpc) is 2.66. The Morgan fingerprint density at radius 2 is 1.81 bits per heavy atom. The molecule has 6 nitrogen and oxygen atoms in total. The molecular formula is C20H21ClN2O4. The molecule has 3 rings (SSSR count). The van der Waals surface area contributed by atoms with Crippen LogP contribution in [0.3, 0.4) is 0 Å². The van der Waals surface area contributed by atoms with E-state index in [1.165, 1.54) is 12.0 Å². The third-order valence-electron chi connectivity index (χ3n) is 4.37. The van der Waals surface area contributed by atoms with Gasteiger partial charge in [-0.15, -0.1) is 0 Å². The number of nitrogens with one attached hydrogen (secondary N) is 1. The molecule has 2 amide bonds. The lowest BCUT2D eigenvalue weighted by Gasteiger charge is -2.25. The van der Waals surface area contributed by atoms with Crippen LogP contribution in [0, 0.1) is 0 Å². The van der Waals surface area contributed by atoms with Crippen molar-refractivity contribution in [3.05, 3.63) is 47.0 Å². The van der Waals surface area contributed by atoms with Crippen molar-refractivity contribution in [1.29, 1.82) is 0 Å². The van der Waals surface area contributed by atoms with Crippen molar-refractivity contribution < 1.29 is 19.1 Å². The highest BCUT2D eigenvalue weighted by Gasteiger charge is 2.27. The molecule has 1 aliphatic heterocycles. The number of piperidine rings is 1. The first kappa shape index (κ1) is 19.0. The molecule has 2 aromatic rings. The van der Waals surface area contributed by atoms with Gasteiger partial charge in [0.05, 0.1) is 24.9 Å². The molecule has 0 unspecified atom stereocenters. The number of imide groups is 1. The monoisotopic (exact) mass is 388 g/mol. The maximum Gasteiger partial charge on any atom is 0.233 e. The molecule has 0 atom stereocenters. The molecular weight excluding hydrogens is 368 g/mol. The largest absolute Gasteiger partial charge is 0.493 e. The smallest absolute Gasteiger partial charge is 0.233 e. The van der Waals surface area contributed by atoms with Crippen molar-refractivity contribution in [2.24, 2.45) is 0 Å². The number of hydrogen-bond donors (Lipinski definition) is 1. The van der Waals surface area contributed by atoms with Crippen LogP contribution in [0.1, 0.15) is 24.8 Å². The number of benzene rings is 2. The van der Waals surface area contributed by atoms with E-state index < -0.39 is 0 Å². The number of halogens is 1. The summed E-state index contributed by atoms with van der Waals surface area (Å²) in [5.41, 5.74) is 2.29. The normalized spacial score (nSPS) is 14.3. The molecule has 1 fully saturated rings. The lowest BCUT2D eigenvalue weighted by atomic mass is 10.1. The number of anilines is 2. The van der Waals surface area contributed by atoms with Crippen LogP contribution in [0.2, 0.25) is 5.02 Å². The van der Waals surface area contributed by atoms with Gasteiger partial charge in [0.15, 0.2) is 11.5 Å². The minimum atomic E-state index is -0.157. The second kappa shape index (κ2) is 8.31. The molecule has 1 saturated heterocycles. The SMILES string of the molecule is COc1cc(CNc2cccc(N3C(=O)CCCC3=O)c2)cc(Cl)c1OC. The van der Waals surface area contributed by atoms with Crippen molar-refractivity contribution in [3.8, 4) is 11.5 Å². The van der Waals surface area contributed by atoms with Crippen LogP contribution in [-0.4, -0.2) is 26.0 Å². The zero-order valence-corrected chi connectivity index (χ0v) is 16.0. The zero-order valence-electron chi connectivity index (χ0n) is 15.3. The standard InChI is InChI=1S/C20H21ClN2O4/c1-26-17-10-13(9-16(21)20(17)27-2)12-22-14-5-3-6-15(11-14)23-18(24)7-4-8-19(23)25/h3,5-6,9-11,22H,4,7-8,12H2,1-2H3. The summed E-state index contributed by atoms with van der Waals surface area (Å²) in [5, 5.41) is 3.75. The lowest BCUT2D eigenvalue weighted by molar-refractivity contribution is -0.129. The van der Waals surface area contributed by atoms with Crippen molar-refractivity contribution in [2.45, 2.75) is 25.8 Å². The minimum Gasteiger partial charge on any atom is -0.493 e. The average molecular weight is 389 g/mol. The van der Waals surface area contributed by atoms with Gasteiger partial charge in [-0.2, -0.15) is 0 Å². The Labute approximate surface area is 163 Å². The molecule has 0 aromatic heterocycles. The summed E-state index contributed by atoms with van der Waals surface area (Å²) in [6, 6.07) is 10.9. The summed E-state index contributed by atoms with van der Waals surface area (Å²) in [7, 11) is 3.10. The van der Waals surface area contributed by atoms with Crippen LogP contribution in [0.5, 0.6) is 11.5 Å². The number of hydrogen-bond acceptors (Lipinski definition) is 5. The van der Waals surface area contributed by atoms with Crippen LogP contribution < -0.4 is 19.7 Å². The Balaban J connectivity index is 1.77. The van der Waals surface area contributed by atoms with Crippen LogP contribution in [0.15, 0.2) is 36.4 Å². The molecule has 0 aliphatic carbocycles. The van der Waals surface area contributed by atoms with E-state index in [4.69, 9.17) is 21.1 Å². The first-order chi connectivity index (χ1) is 13.0. The lowest BCUT2D eigenvalue weighted by Crippen LogP contribution is -2.40. The summed E-state index contributed by atoms with van der Waals surface area (Å²) in [6.45, 7) is 0.491. The molecule has 0 radical (unpaired) electrons. The third-order valence-corrected chi connectivity index (χ3v) is 4.66. The van der Waals surface area contributed by atoms with E-state index >= 15 is 0 Å². The predicted octanol–water partition coefficient (Wildman–Crippen LogP) is 4.01. The molecule has 1 aliphatic rings. The quantitative estimate of drug-likeness (QED) is 0.757. The van der Waals surface area contributed by atoms with Gasteiger partial charge < -0.3 is 14.8 Å². The fraction of sp³-hybridized carbons (Fsp3) is 0.300. The van der Waals surface area contributed by atoms with Gasteiger partial charge >= 0.3 is 0 Å². The fourth-order valence-electron chi connectivity index (χ4n) is 3.07. The van der Waals surface area contributed by atoms with Gasteiger partial charge in [-0.3, -0.25) is 14.5 Å². The second-order valence-corrected chi connectivity index (χ2v) is 6.60. The molecule has 2 aromatic carbocycles. The summed E-state index contributed by atoms with van der Waals surface area (Å²) in [5.74, 6) is 0.734. The first-order valence-corrected chi connectivity index (χ1v) is 9.01. The number of rotatable bonds is 6. The fourth-order valence-corrected chi connectivity index (χ4v) is 3.38. The molecule has 7 heteroatoms. The third kappa shape index (κ3) is 4.17. The van der Waals surface area contributed by atoms with Gasteiger partial charge in [-0.05, 0) is 42.3 Å². The topological polar surface area (TPSA) is 67.9 Å². The van der Waals surface area contributed by atoms with E-state index in [1.54, 1.807) is 25.3 Å². The van der Waals surface area contributed by atoms with Crippen LogP contribution in [0.4, 0.5) is 11.4 Å². The van der Waals surface area contributed by atoms with Gasteiger partial charge in [0.25, 0.3) is 0 Å². The maximum atomic E-state index is 12.1. The Kier molecular flexibility index (Phi) is 5.86. The van der Waals surface area contributed by atoms with Crippen LogP contribution >= 0.6 is 11.6 Å². The highest BCUT2D eigenvalue weighted by Crippen LogP contribution is 2.36. The van der Waals surface area contributed by atoms with Crippen molar-refractivity contribution in [3.63, 3.8) is 0 Å².